The van der Waals surface area contributed by atoms with Gasteiger partial charge in [0.05, 0.1) is 18.4 Å². The molecule has 0 saturated carbocycles. The Hall–Kier alpha value is -0.400. The van der Waals surface area contributed by atoms with Crippen LogP contribution < -0.4 is 0 Å². The summed E-state index contributed by atoms with van der Waals surface area (Å²) in [5.41, 5.74) is 0. The van der Waals surface area contributed by atoms with Crippen molar-refractivity contribution in [2.24, 2.45) is 0 Å². The van der Waals surface area contributed by atoms with Crippen LogP contribution in [0, 0.1) is 11.3 Å². The fraction of sp³-hybridized carbons (Fsp3) is 0.714. The number of alkyl halides is 1. The van der Waals surface area contributed by atoms with E-state index in [1.165, 1.54) is 11.8 Å². The van der Waals surface area contributed by atoms with Crippen LogP contribution in [0.4, 0.5) is 0 Å². The van der Waals surface area contributed by atoms with Crippen LogP contribution in [-0.2, 0) is 9.53 Å². The number of carbonyl (C=O) groups excluding carboxylic acids is 1. The van der Waals surface area contributed by atoms with Crippen LogP contribution in [0.1, 0.15) is 6.92 Å². The van der Waals surface area contributed by atoms with Gasteiger partial charge in [0.25, 0.3) is 0 Å². The Bertz CT molecular complexity index is 181. The summed E-state index contributed by atoms with van der Waals surface area (Å²) in [6, 6.07) is 1.86. The number of nitrogens with zero attached hydrogens (tertiary/aromatic N) is 1. The molecule has 0 aliphatic heterocycles. The molecule has 0 aromatic rings. The van der Waals surface area contributed by atoms with Crippen LogP contribution in [0.5, 0.6) is 0 Å². The van der Waals surface area contributed by atoms with Gasteiger partial charge in [0.15, 0.2) is 0 Å². The first-order valence-electron chi connectivity index (χ1n) is 3.47. The van der Waals surface area contributed by atoms with Gasteiger partial charge in [-0.05, 0) is 6.92 Å². The number of thioether (sulfide) groups is 1. The van der Waals surface area contributed by atoms with Gasteiger partial charge in [-0.3, -0.25) is 4.79 Å². The minimum absolute atomic E-state index is 0.260. The predicted molar refractivity (Wildman–Crippen MR) is 49.2 cm³/mol. The number of rotatable bonds is 5. The molecular weight excluding hydrogens is 198 g/mol. The molecule has 1 atom stereocenters. The first-order valence-corrected chi connectivity index (χ1v) is 5.06. The van der Waals surface area contributed by atoms with Gasteiger partial charge in [0.2, 0.25) is 0 Å². The van der Waals surface area contributed by atoms with E-state index in [9.17, 15) is 4.79 Å². The van der Waals surface area contributed by atoms with Crippen molar-refractivity contribution in [3.63, 3.8) is 0 Å². The average Bonchev–Trinajstić information content (AvgIpc) is 2.04. The SMILES string of the molecule is CCOC(=O)CSCC(Cl)C#N. The van der Waals surface area contributed by atoms with Crippen LogP contribution in [0.3, 0.4) is 0 Å². The van der Waals surface area contributed by atoms with Gasteiger partial charge in [-0.2, -0.15) is 5.26 Å². The van der Waals surface area contributed by atoms with E-state index >= 15 is 0 Å². The van der Waals surface area contributed by atoms with Crippen molar-refractivity contribution in [1.82, 2.24) is 0 Å². The first-order chi connectivity index (χ1) is 5.70. The zero-order valence-corrected chi connectivity index (χ0v) is 8.32. The fourth-order valence-corrected chi connectivity index (χ4v) is 1.40. The third-order valence-corrected chi connectivity index (χ3v) is 2.37. The molecule has 0 bridgehead atoms. The summed E-state index contributed by atoms with van der Waals surface area (Å²) in [4.78, 5) is 10.7. The molecular formula is C7H10ClNO2S. The smallest absolute Gasteiger partial charge is 0.315 e. The Kier molecular flexibility index (Phi) is 7.02. The average molecular weight is 208 g/mol. The first kappa shape index (κ1) is 11.6. The van der Waals surface area contributed by atoms with Gasteiger partial charge in [-0.15, -0.1) is 23.4 Å². The van der Waals surface area contributed by atoms with E-state index in [1.54, 1.807) is 6.92 Å². The lowest BCUT2D eigenvalue weighted by Gasteiger charge is -2.01. The third kappa shape index (κ3) is 6.32. The van der Waals surface area contributed by atoms with Gasteiger partial charge >= 0.3 is 5.97 Å². The van der Waals surface area contributed by atoms with E-state index in [-0.39, 0.29) is 11.7 Å². The highest BCUT2D eigenvalue weighted by molar-refractivity contribution is 8.00. The highest BCUT2D eigenvalue weighted by atomic mass is 35.5. The van der Waals surface area contributed by atoms with Crippen molar-refractivity contribution in [2.75, 3.05) is 18.1 Å². The summed E-state index contributed by atoms with van der Waals surface area (Å²) < 4.78 is 4.67. The molecule has 0 heterocycles. The van der Waals surface area contributed by atoms with E-state index < -0.39 is 5.38 Å². The number of hydrogen-bond donors (Lipinski definition) is 0. The highest BCUT2D eigenvalue weighted by Gasteiger charge is 2.05. The Balaban J connectivity index is 3.32. The fourth-order valence-electron chi connectivity index (χ4n) is 0.486. The molecule has 0 rings (SSSR count). The van der Waals surface area contributed by atoms with Crippen molar-refractivity contribution in [3.8, 4) is 6.07 Å². The number of nitriles is 1. The molecule has 0 spiro atoms. The lowest BCUT2D eigenvalue weighted by Crippen LogP contribution is -2.09. The van der Waals surface area contributed by atoms with Crippen LogP contribution in [0.2, 0.25) is 0 Å². The molecule has 0 aromatic carbocycles. The molecule has 5 heteroatoms. The Labute approximate surface area is 81.0 Å². The standard InChI is InChI=1S/C7H10ClNO2S/c1-2-11-7(10)5-12-4-6(8)3-9/h6H,2,4-5H2,1H3. The van der Waals surface area contributed by atoms with E-state index in [0.717, 1.165) is 0 Å². The predicted octanol–water partition coefficient (Wildman–Crippen LogP) is 1.41. The molecule has 1 unspecified atom stereocenters. The van der Waals surface area contributed by atoms with Crippen molar-refractivity contribution < 1.29 is 9.53 Å². The molecule has 0 aliphatic rings. The monoisotopic (exact) mass is 207 g/mol. The van der Waals surface area contributed by atoms with E-state index in [4.69, 9.17) is 16.9 Å². The maximum Gasteiger partial charge on any atom is 0.315 e. The third-order valence-electron chi connectivity index (χ3n) is 0.929. The molecule has 0 saturated heterocycles. The molecule has 0 aliphatic carbocycles. The van der Waals surface area contributed by atoms with Crippen LogP contribution >= 0.6 is 23.4 Å². The van der Waals surface area contributed by atoms with E-state index in [2.05, 4.69) is 4.74 Å². The van der Waals surface area contributed by atoms with Crippen molar-refractivity contribution in [1.29, 1.82) is 5.26 Å². The maximum atomic E-state index is 10.7. The lowest BCUT2D eigenvalue weighted by atomic mass is 10.5. The second-order valence-electron chi connectivity index (χ2n) is 1.92. The maximum absolute atomic E-state index is 10.7. The van der Waals surface area contributed by atoms with Crippen molar-refractivity contribution in [3.05, 3.63) is 0 Å². The van der Waals surface area contributed by atoms with Gasteiger partial charge in [0, 0.05) is 5.75 Å². The van der Waals surface area contributed by atoms with Crippen LogP contribution in [0.15, 0.2) is 0 Å². The number of esters is 1. The van der Waals surface area contributed by atoms with Crippen LogP contribution in [-0.4, -0.2) is 29.5 Å². The second-order valence-corrected chi connectivity index (χ2v) is 3.47. The van der Waals surface area contributed by atoms with Crippen molar-refractivity contribution >= 4 is 29.3 Å². The molecule has 0 amide bonds. The quantitative estimate of drug-likeness (QED) is 0.505. The molecule has 0 N–H and O–H groups in total. The zero-order valence-electron chi connectivity index (χ0n) is 6.75. The van der Waals surface area contributed by atoms with Crippen molar-refractivity contribution in [2.45, 2.75) is 12.3 Å². The normalized spacial score (nSPS) is 11.8. The largest absolute Gasteiger partial charge is 0.465 e. The summed E-state index contributed by atoms with van der Waals surface area (Å²) in [5.74, 6) is 0.458. The molecule has 0 fully saturated rings. The number of ether oxygens (including phenoxy) is 1. The Morgan fingerprint density at radius 2 is 2.50 bits per heavy atom. The van der Waals surface area contributed by atoms with Crippen LogP contribution in [0.25, 0.3) is 0 Å². The van der Waals surface area contributed by atoms with E-state index in [1.807, 2.05) is 6.07 Å². The molecule has 0 radical (unpaired) electrons. The summed E-state index contributed by atoms with van der Waals surface area (Å²) in [7, 11) is 0. The Morgan fingerprint density at radius 1 is 1.83 bits per heavy atom. The summed E-state index contributed by atoms with van der Waals surface area (Å²) in [6.07, 6.45) is 0. The summed E-state index contributed by atoms with van der Waals surface area (Å²) in [5, 5.41) is 7.77. The summed E-state index contributed by atoms with van der Waals surface area (Å²) >= 11 is 6.80. The second kappa shape index (κ2) is 7.26. The topological polar surface area (TPSA) is 50.1 Å². The van der Waals surface area contributed by atoms with Gasteiger partial charge in [-0.25, -0.2) is 0 Å². The number of hydrogen-bond acceptors (Lipinski definition) is 4. The van der Waals surface area contributed by atoms with Gasteiger partial charge < -0.3 is 4.74 Å². The molecule has 3 nitrogen and oxygen atoms in total. The minimum Gasteiger partial charge on any atom is -0.465 e. The zero-order chi connectivity index (χ0) is 9.40. The molecule has 0 aromatic heterocycles. The molecule has 68 valence electrons. The molecule has 12 heavy (non-hydrogen) atoms. The van der Waals surface area contributed by atoms with Gasteiger partial charge in [0.1, 0.15) is 5.38 Å². The Morgan fingerprint density at radius 3 is 3.00 bits per heavy atom. The highest BCUT2D eigenvalue weighted by Crippen LogP contribution is 2.07. The number of halogens is 1. The minimum atomic E-state index is -0.524. The number of carbonyl (C=O) groups is 1. The lowest BCUT2D eigenvalue weighted by molar-refractivity contribution is -0.139. The van der Waals surface area contributed by atoms with Gasteiger partial charge in [-0.1, -0.05) is 0 Å². The van der Waals surface area contributed by atoms with E-state index in [0.29, 0.717) is 12.4 Å². The summed E-state index contributed by atoms with van der Waals surface area (Å²) in [6.45, 7) is 2.14.